The molecule has 82 valence electrons. The molecule has 0 aliphatic carbocycles. The van der Waals surface area contributed by atoms with Crippen molar-refractivity contribution in [3.05, 3.63) is 0 Å². The maximum absolute atomic E-state index is 5.22. The number of rotatable bonds is 3. The minimum absolute atomic E-state index is 0.691. The van der Waals surface area contributed by atoms with Gasteiger partial charge in [-0.2, -0.15) is 0 Å². The molecule has 1 N–H and O–H groups in total. The van der Waals surface area contributed by atoms with Crippen LogP contribution in [0.25, 0.3) is 0 Å². The molecule has 1 rings (SSSR count). The van der Waals surface area contributed by atoms with E-state index in [0.29, 0.717) is 6.04 Å². The molecule has 1 unspecified atom stereocenters. The van der Waals surface area contributed by atoms with E-state index in [1.54, 1.807) is 0 Å². The molecule has 1 heterocycles. The van der Waals surface area contributed by atoms with Crippen molar-refractivity contribution in [3.63, 3.8) is 0 Å². The SMILES string of the molecule is CCN(CC)C1CCN(C(=S)NC)C1. The Bertz CT molecular complexity index is 192. The zero-order valence-electron chi connectivity index (χ0n) is 9.42. The molecule has 0 amide bonds. The summed E-state index contributed by atoms with van der Waals surface area (Å²) >= 11 is 5.22. The lowest BCUT2D eigenvalue weighted by molar-refractivity contribution is 0.224. The molecule has 14 heavy (non-hydrogen) atoms. The third-order valence-corrected chi connectivity index (χ3v) is 3.46. The summed E-state index contributed by atoms with van der Waals surface area (Å²) in [4.78, 5) is 4.77. The molecule has 0 aromatic carbocycles. The zero-order valence-corrected chi connectivity index (χ0v) is 10.2. The van der Waals surface area contributed by atoms with Crippen LogP contribution in [0.3, 0.4) is 0 Å². The van der Waals surface area contributed by atoms with Crippen molar-refractivity contribution in [1.82, 2.24) is 15.1 Å². The molecule has 0 aromatic heterocycles. The van der Waals surface area contributed by atoms with E-state index in [1.165, 1.54) is 6.42 Å². The van der Waals surface area contributed by atoms with Crippen molar-refractivity contribution in [3.8, 4) is 0 Å². The Morgan fingerprint density at radius 1 is 1.50 bits per heavy atom. The summed E-state index contributed by atoms with van der Waals surface area (Å²) in [5.74, 6) is 0. The first-order valence-corrected chi connectivity index (χ1v) is 5.84. The predicted octanol–water partition coefficient (Wildman–Crippen LogP) is 0.907. The van der Waals surface area contributed by atoms with Crippen molar-refractivity contribution < 1.29 is 0 Å². The molecule has 1 fully saturated rings. The Labute approximate surface area is 92.4 Å². The van der Waals surface area contributed by atoms with Crippen LogP contribution < -0.4 is 5.32 Å². The van der Waals surface area contributed by atoms with Crippen molar-refractivity contribution in [1.29, 1.82) is 0 Å². The molecule has 0 radical (unpaired) electrons. The van der Waals surface area contributed by atoms with Crippen molar-refractivity contribution in [2.24, 2.45) is 0 Å². The van der Waals surface area contributed by atoms with Crippen LogP contribution >= 0.6 is 12.2 Å². The first kappa shape index (κ1) is 11.7. The van der Waals surface area contributed by atoms with E-state index in [1.807, 2.05) is 7.05 Å². The first-order valence-electron chi connectivity index (χ1n) is 5.43. The summed E-state index contributed by atoms with van der Waals surface area (Å²) in [6.45, 7) is 8.91. The van der Waals surface area contributed by atoms with E-state index in [0.717, 1.165) is 31.3 Å². The first-order chi connectivity index (χ1) is 6.72. The number of hydrogen-bond donors (Lipinski definition) is 1. The predicted molar refractivity (Wildman–Crippen MR) is 64.6 cm³/mol. The number of thiocarbonyl (C=S) groups is 1. The average Bonchev–Trinajstić information content (AvgIpc) is 2.68. The van der Waals surface area contributed by atoms with Gasteiger partial charge >= 0.3 is 0 Å². The van der Waals surface area contributed by atoms with E-state index in [4.69, 9.17) is 12.2 Å². The molecular formula is C10H21N3S. The summed E-state index contributed by atoms with van der Waals surface area (Å²) in [5, 5.41) is 3.93. The highest BCUT2D eigenvalue weighted by Gasteiger charge is 2.26. The van der Waals surface area contributed by atoms with Crippen molar-refractivity contribution in [2.75, 3.05) is 33.2 Å². The number of nitrogens with zero attached hydrogens (tertiary/aromatic N) is 2. The van der Waals surface area contributed by atoms with Crippen LogP contribution in [0.5, 0.6) is 0 Å². The highest BCUT2D eigenvalue weighted by molar-refractivity contribution is 7.80. The third-order valence-electron chi connectivity index (χ3n) is 2.99. The molecule has 1 aliphatic rings. The van der Waals surface area contributed by atoms with Gasteiger partial charge in [0.25, 0.3) is 0 Å². The van der Waals surface area contributed by atoms with Crippen LogP contribution in [0.15, 0.2) is 0 Å². The van der Waals surface area contributed by atoms with Crippen molar-refractivity contribution in [2.45, 2.75) is 26.3 Å². The molecule has 1 atom stereocenters. The Kier molecular flexibility index (Phi) is 4.62. The molecular weight excluding hydrogens is 194 g/mol. The Balaban J connectivity index is 2.43. The lowest BCUT2D eigenvalue weighted by atomic mass is 10.2. The van der Waals surface area contributed by atoms with Gasteiger partial charge in [0, 0.05) is 26.2 Å². The molecule has 1 saturated heterocycles. The standard InChI is InChI=1S/C10H21N3S/c1-4-12(5-2)9-6-7-13(8-9)10(14)11-3/h9H,4-8H2,1-3H3,(H,11,14). The molecule has 4 heteroatoms. The lowest BCUT2D eigenvalue weighted by Crippen LogP contribution is -2.41. The Morgan fingerprint density at radius 2 is 2.14 bits per heavy atom. The quantitative estimate of drug-likeness (QED) is 0.705. The Morgan fingerprint density at radius 3 is 2.64 bits per heavy atom. The number of hydrogen-bond acceptors (Lipinski definition) is 2. The molecule has 0 spiro atoms. The van der Waals surface area contributed by atoms with E-state index in [-0.39, 0.29) is 0 Å². The van der Waals surface area contributed by atoms with E-state index in [9.17, 15) is 0 Å². The summed E-state index contributed by atoms with van der Waals surface area (Å²) in [6, 6.07) is 0.691. The minimum atomic E-state index is 0.691. The summed E-state index contributed by atoms with van der Waals surface area (Å²) in [7, 11) is 1.90. The van der Waals surface area contributed by atoms with Crippen LogP contribution in [0.1, 0.15) is 20.3 Å². The fraction of sp³-hybridized carbons (Fsp3) is 0.900. The largest absolute Gasteiger partial charge is 0.366 e. The normalized spacial score (nSPS) is 21.7. The number of nitrogens with one attached hydrogen (secondary N) is 1. The van der Waals surface area contributed by atoms with Crippen LogP contribution in [-0.2, 0) is 0 Å². The van der Waals surface area contributed by atoms with Gasteiger partial charge in [0.05, 0.1) is 0 Å². The maximum Gasteiger partial charge on any atom is 0.168 e. The number of likely N-dealkylation sites (N-methyl/N-ethyl adjacent to an activating group) is 1. The van der Waals surface area contributed by atoms with Crippen molar-refractivity contribution >= 4 is 17.3 Å². The van der Waals surface area contributed by atoms with E-state index in [2.05, 4.69) is 29.0 Å². The molecule has 1 aliphatic heterocycles. The van der Waals surface area contributed by atoms with Gasteiger partial charge in [0.2, 0.25) is 0 Å². The van der Waals surface area contributed by atoms with Gasteiger partial charge in [-0.1, -0.05) is 13.8 Å². The third kappa shape index (κ3) is 2.58. The summed E-state index contributed by atoms with van der Waals surface area (Å²) in [5.41, 5.74) is 0. The van der Waals surface area contributed by atoms with Gasteiger partial charge in [0.1, 0.15) is 0 Å². The fourth-order valence-corrected chi connectivity index (χ4v) is 2.29. The topological polar surface area (TPSA) is 18.5 Å². The van der Waals surface area contributed by atoms with Crippen LogP contribution in [0.4, 0.5) is 0 Å². The lowest BCUT2D eigenvalue weighted by Gasteiger charge is -2.26. The molecule has 0 aromatic rings. The smallest absolute Gasteiger partial charge is 0.168 e. The Hall–Kier alpha value is -0.350. The van der Waals surface area contributed by atoms with Gasteiger partial charge in [-0.3, -0.25) is 4.90 Å². The number of likely N-dealkylation sites (tertiary alicyclic amines) is 1. The van der Waals surface area contributed by atoms with Gasteiger partial charge < -0.3 is 10.2 Å². The highest BCUT2D eigenvalue weighted by Crippen LogP contribution is 2.15. The minimum Gasteiger partial charge on any atom is -0.366 e. The zero-order chi connectivity index (χ0) is 10.6. The van der Waals surface area contributed by atoms with Gasteiger partial charge in [-0.05, 0) is 31.7 Å². The second-order valence-electron chi connectivity index (χ2n) is 3.66. The summed E-state index contributed by atoms with van der Waals surface area (Å²) < 4.78 is 0. The molecule has 3 nitrogen and oxygen atoms in total. The van der Waals surface area contributed by atoms with Crippen LogP contribution in [0, 0.1) is 0 Å². The van der Waals surface area contributed by atoms with E-state index < -0.39 is 0 Å². The second kappa shape index (κ2) is 5.51. The average molecular weight is 215 g/mol. The fourth-order valence-electron chi connectivity index (χ4n) is 2.12. The maximum atomic E-state index is 5.22. The highest BCUT2D eigenvalue weighted by atomic mass is 32.1. The van der Waals surface area contributed by atoms with Gasteiger partial charge in [-0.15, -0.1) is 0 Å². The monoisotopic (exact) mass is 215 g/mol. The molecule has 0 bridgehead atoms. The molecule has 0 saturated carbocycles. The second-order valence-corrected chi connectivity index (χ2v) is 4.05. The van der Waals surface area contributed by atoms with E-state index >= 15 is 0 Å². The summed E-state index contributed by atoms with van der Waals surface area (Å²) in [6.07, 6.45) is 1.24. The van der Waals surface area contributed by atoms with Crippen LogP contribution in [-0.4, -0.2) is 54.2 Å². The van der Waals surface area contributed by atoms with Gasteiger partial charge in [-0.25, -0.2) is 0 Å². The van der Waals surface area contributed by atoms with Crippen LogP contribution in [0.2, 0.25) is 0 Å². The van der Waals surface area contributed by atoms with Gasteiger partial charge in [0.15, 0.2) is 5.11 Å².